The van der Waals surface area contributed by atoms with E-state index < -0.39 is 18.1 Å². The molecule has 0 spiro atoms. The number of alkyl halides is 2. The molecule has 0 aromatic heterocycles. The summed E-state index contributed by atoms with van der Waals surface area (Å²) in [5, 5.41) is 5.78. The zero-order chi connectivity index (χ0) is 22.0. The van der Waals surface area contributed by atoms with Gasteiger partial charge in [0.15, 0.2) is 11.5 Å². The van der Waals surface area contributed by atoms with Gasteiger partial charge in [-0.2, -0.15) is 8.78 Å². The van der Waals surface area contributed by atoms with E-state index in [2.05, 4.69) is 15.4 Å². The molecule has 8 heteroatoms. The molecule has 1 fully saturated rings. The number of unbranched alkanes of at least 4 members (excludes halogenated alkanes) is 1. The summed E-state index contributed by atoms with van der Waals surface area (Å²) in [6.07, 6.45) is 8.32. The molecule has 0 heterocycles. The van der Waals surface area contributed by atoms with Gasteiger partial charge in [0.2, 0.25) is 11.8 Å². The van der Waals surface area contributed by atoms with Gasteiger partial charge in [-0.05, 0) is 31.4 Å². The second-order valence-corrected chi connectivity index (χ2v) is 7.33. The van der Waals surface area contributed by atoms with Crippen LogP contribution in [0.1, 0.15) is 57.4 Å². The number of amides is 2. The Morgan fingerprint density at radius 3 is 2.60 bits per heavy atom. The SMILES string of the molecule is CCCCNC(=O)C1(NC(=O)C=Cc2cccc(OC)c2OC(F)F)CCCCC1. The number of nitrogens with one attached hydrogen (secondary N) is 2. The van der Waals surface area contributed by atoms with Gasteiger partial charge in [0, 0.05) is 18.2 Å². The van der Waals surface area contributed by atoms with Crippen LogP contribution >= 0.6 is 0 Å². The van der Waals surface area contributed by atoms with Crippen molar-refractivity contribution in [3.8, 4) is 11.5 Å². The first kappa shape index (κ1) is 23.6. The zero-order valence-corrected chi connectivity index (χ0v) is 17.5. The van der Waals surface area contributed by atoms with Crippen molar-refractivity contribution in [2.75, 3.05) is 13.7 Å². The molecule has 1 aromatic carbocycles. The van der Waals surface area contributed by atoms with E-state index in [9.17, 15) is 18.4 Å². The molecule has 2 rings (SSSR count). The highest BCUT2D eigenvalue weighted by Gasteiger charge is 2.40. The lowest BCUT2D eigenvalue weighted by atomic mass is 9.80. The lowest BCUT2D eigenvalue weighted by Gasteiger charge is -2.36. The van der Waals surface area contributed by atoms with Gasteiger partial charge >= 0.3 is 6.61 Å². The normalized spacial score (nSPS) is 15.8. The number of benzene rings is 1. The minimum Gasteiger partial charge on any atom is -0.493 e. The van der Waals surface area contributed by atoms with E-state index in [4.69, 9.17) is 4.74 Å². The summed E-state index contributed by atoms with van der Waals surface area (Å²) < 4.78 is 35.2. The molecule has 0 atom stereocenters. The number of rotatable bonds is 10. The maximum atomic E-state index is 12.8. The molecule has 2 N–H and O–H groups in total. The van der Waals surface area contributed by atoms with E-state index in [-0.39, 0.29) is 23.0 Å². The van der Waals surface area contributed by atoms with Crippen LogP contribution in [0, 0.1) is 0 Å². The van der Waals surface area contributed by atoms with Crippen molar-refractivity contribution in [1.82, 2.24) is 10.6 Å². The third-order valence-corrected chi connectivity index (χ3v) is 5.17. The summed E-state index contributed by atoms with van der Waals surface area (Å²) in [5.41, 5.74) is -0.667. The predicted molar refractivity (Wildman–Crippen MR) is 111 cm³/mol. The highest BCUT2D eigenvalue weighted by molar-refractivity contribution is 5.97. The molecule has 166 valence electrons. The number of carbonyl (C=O) groups is 2. The fourth-order valence-corrected chi connectivity index (χ4v) is 3.60. The quantitative estimate of drug-likeness (QED) is 0.439. The third kappa shape index (κ3) is 6.43. The number of methoxy groups -OCH3 is 1. The Morgan fingerprint density at radius 2 is 1.97 bits per heavy atom. The molecule has 0 saturated heterocycles. The molecule has 0 unspecified atom stereocenters. The average Bonchev–Trinajstić information content (AvgIpc) is 2.73. The Balaban J connectivity index is 2.15. The first-order valence-corrected chi connectivity index (χ1v) is 10.3. The maximum absolute atomic E-state index is 12.8. The van der Waals surface area contributed by atoms with Gasteiger partial charge in [-0.25, -0.2) is 0 Å². The van der Waals surface area contributed by atoms with E-state index in [1.54, 1.807) is 6.07 Å². The van der Waals surface area contributed by atoms with Crippen molar-refractivity contribution in [2.24, 2.45) is 0 Å². The molecule has 0 radical (unpaired) electrons. The van der Waals surface area contributed by atoms with Crippen LogP contribution in [0.3, 0.4) is 0 Å². The van der Waals surface area contributed by atoms with E-state index in [0.717, 1.165) is 32.1 Å². The highest BCUT2D eigenvalue weighted by Crippen LogP contribution is 2.33. The summed E-state index contributed by atoms with van der Waals surface area (Å²) in [5.74, 6) is -0.644. The zero-order valence-electron chi connectivity index (χ0n) is 17.5. The summed E-state index contributed by atoms with van der Waals surface area (Å²) >= 11 is 0. The standard InChI is InChI=1S/C22H30F2N2O4/c1-3-4-15-25-20(28)22(13-6-5-7-14-22)26-18(27)12-11-16-9-8-10-17(29-2)19(16)30-21(23)24/h8-12,21H,3-7,13-15H2,1-2H3,(H,25,28)(H,26,27). The first-order valence-electron chi connectivity index (χ1n) is 10.3. The number of para-hydroxylation sites is 1. The molecule has 30 heavy (non-hydrogen) atoms. The van der Waals surface area contributed by atoms with Crippen molar-refractivity contribution in [3.63, 3.8) is 0 Å². The lowest BCUT2D eigenvalue weighted by Crippen LogP contribution is -2.59. The minimum absolute atomic E-state index is 0.136. The number of halogens is 2. The van der Waals surface area contributed by atoms with Crippen molar-refractivity contribution in [3.05, 3.63) is 29.8 Å². The van der Waals surface area contributed by atoms with E-state index in [1.807, 2.05) is 6.92 Å². The van der Waals surface area contributed by atoms with Crippen LogP contribution in [-0.4, -0.2) is 37.6 Å². The van der Waals surface area contributed by atoms with Crippen LogP contribution in [0.5, 0.6) is 11.5 Å². The predicted octanol–water partition coefficient (Wildman–Crippen LogP) is 4.05. The number of hydrogen-bond acceptors (Lipinski definition) is 4. The molecule has 0 bridgehead atoms. The van der Waals surface area contributed by atoms with Gasteiger partial charge in [0.1, 0.15) is 5.54 Å². The Labute approximate surface area is 176 Å². The largest absolute Gasteiger partial charge is 0.493 e. The van der Waals surface area contributed by atoms with Crippen molar-refractivity contribution in [1.29, 1.82) is 0 Å². The van der Waals surface area contributed by atoms with Crippen molar-refractivity contribution >= 4 is 17.9 Å². The van der Waals surface area contributed by atoms with Crippen LogP contribution in [0.25, 0.3) is 6.08 Å². The molecular formula is C22H30F2N2O4. The van der Waals surface area contributed by atoms with Gasteiger partial charge in [0.25, 0.3) is 0 Å². The minimum atomic E-state index is -3.03. The summed E-state index contributed by atoms with van der Waals surface area (Å²) in [6.45, 7) is -0.416. The summed E-state index contributed by atoms with van der Waals surface area (Å²) in [7, 11) is 1.35. The lowest BCUT2D eigenvalue weighted by molar-refractivity contribution is -0.133. The molecule has 2 amide bonds. The van der Waals surface area contributed by atoms with Crippen LogP contribution in [0.2, 0.25) is 0 Å². The van der Waals surface area contributed by atoms with E-state index in [0.29, 0.717) is 19.4 Å². The van der Waals surface area contributed by atoms with Gasteiger partial charge in [-0.15, -0.1) is 0 Å². The second kappa shape index (κ2) is 11.5. The first-order chi connectivity index (χ1) is 14.4. The average molecular weight is 424 g/mol. The molecule has 1 aliphatic rings. The molecule has 1 aliphatic carbocycles. The highest BCUT2D eigenvalue weighted by atomic mass is 19.3. The van der Waals surface area contributed by atoms with Gasteiger partial charge in [-0.1, -0.05) is 44.7 Å². The fourth-order valence-electron chi connectivity index (χ4n) is 3.60. The molecule has 1 saturated carbocycles. The monoisotopic (exact) mass is 424 g/mol. The number of ether oxygens (including phenoxy) is 2. The Bertz CT molecular complexity index is 747. The third-order valence-electron chi connectivity index (χ3n) is 5.17. The summed E-state index contributed by atoms with van der Waals surface area (Å²) in [6, 6.07) is 4.64. The van der Waals surface area contributed by atoms with E-state index >= 15 is 0 Å². The molecule has 6 nitrogen and oxygen atoms in total. The Hall–Kier alpha value is -2.64. The van der Waals surface area contributed by atoms with Gasteiger partial charge < -0.3 is 20.1 Å². The van der Waals surface area contributed by atoms with Crippen LogP contribution in [0.15, 0.2) is 24.3 Å². The Kier molecular flexibility index (Phi) is 9.08. The van der Waals surface area contributed by atoms with Crippen LogP contribution < -0.4 is 20.1 Å². The molecule has 0 aliphatic heterocycles. The smallest absolute Gasteiger partial charge is 0.387 e. The fraction of sp³-hybridized carbons (Fsp3) is 0.545. The van der Waals surface area contributed by atoms with Gasteiger partial charge in [-0.3, -0.25) is 9.59 Å². The van der Waals surface area contributed by atoms with Crippen molar-refractivity contribution < 1.29 is 27.8 Å². The van der Waals surface area contributed by atoms with E-state index in [1.165, 1.54) is 31.4 Å². The number of hydrogen-bond donors (Lipinski definition) is 2. The second-order valence-electron chi connectivity index (χ2n) is 7.33. The maximum Gasteiger partial charge on any atom is 0.387 e. The van der Waals surface area contributed by atoms with Gasteiger partial charge in [0.05, 0.1) is 7.11 Å². The number of carbonyl (C=O) groups excluding carboxylic acids is 2. The van der Waals surface area contributed by atoms with Crippen LogP contribution in [0.4, 0.5) is 8.78 Å². The van der Waals surface area contributed by atoms with Crippen molar-refractivity contribution in [2.45, 2.75) is 64.0 Å². The molecule has 1 aromatic rings. The Morgan fingerprint density at radius 1 is 1.23 bits per heavy atom. The molecular weight excluding hydrogens is 394 g/mol. The van der Waals surface area contributed by atoms with Crippen LogP contribution in [-0.2, 0) is 9.59 Å². The topological polar surface area (TPSA) is 76.7 Å². The summed E-state index contributed by atoms with van der Waals surface area (Å²) in [4.78, 5) is 25.4.